The second kappa shape index (κ2) is 15.8. The smallest absolute Gasteiger partial charge is 0.255 e. The fourth-order valence-corrected chi connectivity index (χ4v) is 6.92. The summed E-state index contributed by atoms with van der Waals surface area (Å²) in [6, 6.07) is 18.2. The normalized spacial score (nSPS) is 14.0. The van der Waals surface area contributed by atoms with Crippen LogP contribution >= 0.6 is 39.3 Å². The molecule has 0 radical (unpaired) electrons. The molecule has 4 aromatic rings. The molecule has 2 heterocycles. The number of ether oxygens (including phenoxy) is 3. The summed E-state index contributed by atoms with van der Waals surface area (Å²) in [5, 5.41) is 12.5. The van der Waals surface area contributed by atoms with Gasteiger partial charge in [-0.15, -0.1) is 5.10 Å². The van der Waals surface area contributed by atoms with Crippen molar-refractivity contribution in [2.45, 2.75) is 56.5 Å². The molecular weight excluding hydrogens is 690 g/mol. The van der Waals surface area contributed by atoms with Crippen molar-refractivity contribution in [1.29, 1.82) is 0 Å². The molecular formula is C34H37BrClN5O4S. The van der Waals surface area contributed by atoms with Gasteiger partial charge in [-0.1, -0.05) is 79.9 Å². The van der Waals surface area contributed by atoms with E-state index in [4.69, 9.17) is 35.9 Å². The molecule has 1 unspecified atom stereocenters. The SMILES string of the molecule is CCCCCCOc1c(Br)cc(C2C(C(=O)Nc3ccccc3OC)=C(C)Nc3nc(SCc4ccccc4Cl)nn32)cc1OC. The molecule has 12 heteroatoms. The van der Waals surface area contributed by atoms with Gasteiger partial charge in [0.1, 0.15) is 11.8 Å². The predicted octanol–water partition coefficient (Wildman–Crippen LogP) is 8.89. The molecule has 1 aliphatic rings. The lowest BCUT2D eigenvalue weighted by molar-refractivity contribution is -0.113. The van der Waals surface area contributed by atoms with Crippen molar-refractivity contribution in [1.82, 2.24) is 14.8 Å². The van der Waals surface area contributed by atoms with Crippen LogP contribution < -0.4 is 24.8 Å². The molecule has 5 rings (SSSR count). The van der Waals surface area contributed by atoms with Gasteiger partial charge in [-0.2, -0.15) is 4.98 Å². The number of amides is 1. The number of methoxy groups -OCH3 is 2. The molecule has 1 amide bonds. The lowest BCUT2D eigenvalue weighted by atomic mass is 9.94. The van der Waals surface area contributed by atoms with E-state index in [1.54, 1.807) is 31.0 Å². The summed E-state index contributed by atoms with van der Waals surface area (Å²) in [7, 11) is 3.18. The van der Waals surface area contributed by atoms with E-state index in [0.29, 0.717) is 67.2 Å². The van der Waals surface area contributed by atoms with Crippen LogP contribution in [0.4, 0.5) is 11.6 Å². The Hall–Kier alpha value is -3.67. The van der Waals surface area contributed by atoms with E-state index in [0.717, 1.165) is 30.4 Å². The quantitative estimate of drug-likeness (QED) is 0.0983. The molecule has 0 saturated carbocycles. The summed E-state index contributed by atoms with van der Waals surface area (Å²) in [4.78, 5) is 18.9. The zero-order valence-electron chi connectivity index (χ0n) is 26.2. The van der Waals surface area contributed by atoms with Crippen molar-refractivity contribution >= 4 is 56.8 Å². The maximum Gasteiger partial charge on any atom is 0.255 e. The lowest BCUT2D eigenvalue weighted by Crippen LogP contribution is -2.31. The van der Waals surface area contributed by atoms with Crippen molar-refractivity contribution in [3.8, 4) is 17.2 Å². The van der Waals surface area contributed by atoms with Crippen LogP contribution in [-0.4, -0.2) is 41.5 Å². The molecule has 0 aliphatic carbocycles. The highest BCUT2D eigenvalue weighted by Crippen LogP contribution is 2.43. The van der Waals surface area contributed by atoms with Crippen LogP contribution in [0.2, 0.25) is 5.02 Å². The van der Waals surface area contributed by atoms with E-state index >= 15 is 0 Å². The topological polar surface area (TPSA) is 99.5 Å². The number of anilines is 2. The molecule has 0 saturated heterocycles. The molecule has 0 bridgehead atoms. The van der Waals surface area contributed by atoms with Crippen LogP contribution in [0.3, 0.4) is 0 Å². The average Bonchev–Trinajstić information content (AvgIpc) is 3.46. The van der Waals surface area contributed by atoms with Crippen LogP contribution in [0.1, 0.15) is 56.7 Å². The fraction of sp³-hybridized carbons (Fsp3) is 0.324. The predicted molar refractivity (Wildman–Crippen MR) is 187 cm³/mol. The zero-order valence-corrected chi connectivity index (χ0v) is 29.4. The number of carbonyl (C=O) groups excluding carboxylic acids is 1. The molecule has 0 fully saturated rings. The first kappa shape index (κ1) is 33.7. The van der Waals surface area contributed by atoms with Crippen LogP contribution in [0.5, 0.6) is 17.2 Å². The van der Waals surface area contributed by atoms with Gasteiger partial charge in [0.25, 0.3) is 5.91 Å². The Morgan fingerprint density at radius 3 is 2.59 bits per heavy atom. The van der Waals surface area contributed by atoms with Gasteiger partial charge in [-0.05, 0) is 70.7 Å². The minimum atomic E-state index is -0.642. The van der Waals surface area contributed by atoms with Crippen LogP contribution in [0.25, 0.3) is 0 Å². The Morgan fingerprint density at radius 2 is 1.83 bits per heavy atom. The number of unbranched alkanes of at least 4 members (excludes halogenated alkanes) is 3. The number of nitrogens with one attached hydrogen (secondary N) is 2. The van der Waals surface area contributed by atoms with Crippen molar-refractivity contribution in [3.63, 3.8) is 0 Å². The monoisotopic (exact) mass is 725 g/mol. The van der Waals surface area contributed by atoms with Gasteiger partial charge in [0, 0.05) is 16.5 Å². The first-order valence-electron chi connectivity index (χ1n) is 15.1. The van der Waals surface area contributed by atoms with E-state index in [1.807, 2.05) is 55.5 Å². The van der Waals surface area contributed by atoms with Gasteiger partial charge in [-0.25, -0.2) is 4.68 Å². The first-order valence-corrected chi connectivity index (χ1v) is 17.2. The summed E-state index contributed by atoms with van der Waals surface area (Å²) >= 11 is 11.6. The third kappa shape index (κ3) is 7.65. The number of thioether (sulfide) groups is 1. The highest BCUT2D eigenvalue weighted by atomic mass is 79.9. The number of fused-ring (bicyclic) bond motifs is 1. The molecule has 9 nitrogen and oxygen atoms in total. The van der Waals surface area contributed by atoms with Gasteiger partial charge < -0.3 is 24.8 Å². The van der Waals surface area contributed by atoms with Crippen molar-refractivity contribution in [2.24, 2.45) is 0 Å². The average molecular weight is 727 g/mol. The summed E-state index contributed by atoms with van der Waals surface area (Å²) < 4.78 is 19.9. The number of nitrogens with zero attached hydrogens (tertiary/aromatic N) is 3. The van der Waals surface area contributed by atoms with Gasteiger partial charge in [0.15, 0.2) is 11.5 Å². The van der Waals surface area contributed by atoms with Crippen molar-refractivity contribution < 1.29 is 19.0 Å². The summed E-state index contributed by atoms with van der Waals surface area (Å²) in [6.45, 7) is 4.62. The summed E-state index contributed by atoms with van der Waals surface area (Å²) in [5.41, 5.74) is 3.41. The molecule has 2 N–H and O–H groups in total. The Labute approximate surface area is 287 Å². The van der Waals surface area contributed by atoms with E-state index in [-0.39, 0.29) is 5.91 Å². The Bertz CT molecular complexity index is 1730. The minimum absolute atomic E-state index is 0.308. The highest BCUT2D eigenvalue weighted by Gasteiger charge is 2.36. The maximum absolute atomic E-state index is 14.1. The summed E-state index contributed by atoms with van der Waals surface area (Å²) in [5.74, 6) is 2.52. The van der Waals surface area contributed by atoms with Gasteiger partial charge >= 0.3 is 0 Å². The first-order chi connectivity index (χ1) is 22.3. The molecule has 1 aliphatic heterocycles. The van der Waals surface area contributed by atoms with E-state index < -0.39 is 6.04 Å². The second-order valence-corrected chi connectivity index (χ2v) is 12.9. The Morgan fingerprint density at radius 1 is 1.07 bits per heavy atom. The lowest BCUT2D eigenvalue weighted by Gasteiger charge is -2.29. The number of carbonyl (C=O) groups is 1. The van der Waals surface area contributed by atoms with Crippen LogP contribution in [-0.2, 0) is 10.5 Å². The standard InChI is InChI=1S/C34H37BrClN5O4S/c1-5-6-7-12-17-45-31-24(35)18-23(19-28(31)44-4)30-29(32(42)38-26-15-10-11-16-27(26)43-3)21(2)37-33-39-34(40-41(30)33)46-20-22-13-8-9-14-25(22)36/h8-11,13-16,18-19,30H,5-7,12,17,20H2,1-4H3,(H,38,42)(H,37,39,40). The third-order valence-corrected chi connectivity index (χ3v) is 9.40. The van der Waals surface area contributed by atoms with Gasteiger partial charge in [0.05, 0.1) is 36.6 Å². The number of allylic oxidation sites excluding steroid dienone is 1. The highest BCUT2D eigenvalue weighted by molar-refractivity contribution is 9.10. The molecule has 242 valence electrons. The number of hydrogen-bond acceptors (Lipinski definition) is 8. The number of rotatable bonds is 14. The van der Waals surface area contributed by atoms with Gasteiger partial charge in [0.2, 0.25) is 11.1 Å². The summed E-state index contributed by atoms with van der Waals surface area (Å²) in [6.07, 6.45) is 4.37. The van der Waals surface area contributed by atoms with E-state index in [9.17, 15) is 4.79 Å². The van der Waals surface area contributed by atoms with Crippen molar-refractivity contribution in [3.05, 3.63) is 92.6 Å². The second-order valence-electron chi connectivity index (χ2n) is 10.7. The van der Waals surface area contributed by atoms with Gasteiger partial charge in [-0.3, -0.25) is 4.79 Å². The van der Waals surface area contributed by atoms with Crippen molar-refractivity contribution in [2.75, 3.05) is 31.5 Å². The molecule has 46 heavy (non-hydrogen) atoms. The molecule has 1 aromatic heterocycles. The Balaban J connectivity index is 1.52. The number of halogens is 2. The number of para-hydroxylation sites is 2. The molecule has 3 aromatic carbocycles. The van der Waals surface area contributed by atoms with E-state index in [2.05, 4.69) is 33.5 Å². The van der Waals surface area contributed by atoms with Crippen LogP contribution in [0, 0.1) is 0 Å². The Kier molecular flexibility index (Phi) is 11.5. The number of benzene rings is 3. The number of hydrogen-bond donors (Lipinski definition) is 2. The van der Waals surface area contributed by atoms with E-state index in [1.165, 1.54) is 18.2 Å². The molecule has 0 spiro atoms. The van der Waals surface area contributed by atoms with Crippen LogP contribution in [0.15, 0.2) is 81.6 Å². The number of aromatic nitrogens is 3. The molecule has 1 atom stereocenters. The largest absolute Gasteiger partial charge is 0.495 e. The minimum Gasteiger partial charge on any atom is -0.495 e. The maximum atomic E-state index is 14.1. The fourth-order valence-electron chi connectivity index (χ4n) is 5.23. The third-order valence-electron chi connectivity index (χ3n) is 7.56. The zero-order chi connectivity index (χ0) is 32.6.